The number of benzene rings is 2. The lowest BCUT2D eigenvalue weighted by atomic mass is 9.96. The molecule has 0 heterocycles. The van der Waals surface area contributed by atoms with E-state index in [1.165, 1.54) is 0 Å². The van der Waals surface area contributed by atoms with E-state index in [1.807, 2.05) is 0 Å². The highest BCUT2D eigenvalue weighted by molar-refractivity contribution is 6.69. The van der Waals surface area contributed by atoms with E-state index in [2.05, 4.69) is 0 Å². The molecule has 2 nitrogen and oxygen atoms in total. The summed E-state index contributed by atoms with van der Waals surface area (Å²) in [7, 11) is 0. The smallest absolute Gasteiger partial charge is 0.253 e. The van der Waals surface area contributed by atoms with Gasteiger partial charge in [0, 0.05) is 11.1 Å². The Kier molecular flexibility index (Phi) is 3.80. The molecule has 0 fully saturated rings. The summed E-state index contributed by atoms with van der Waals surface area (Å²) in [6.07, 6.45) is 0. The molecule has 2 rings (SSSR count). The van der Waals surface area contributed by atoms with Gasteiger partial charge in [-0.1, -0.05) is 36.4 Å². The second-order valence-corrected chi connectivity index (χ2v) is 4.33. The first-order chi connectivity index (χ1) is 8.61. The number of hydrogen-bond donors (Lipinski definition) is 0. The van der Waals surface area contributed by atoms with Crippen molar-refractivity contribution in [2.24, 2.45) is 0 Å². The Bertz CT molecular complexity index is 565. The van der Waals surface area contributed by atoms with Gasteiger partial charge < -0.3 is 0 Å². The van der Waals surface area contributed by atoms with Gasteiger partial charge >= 0.3 is 0 Å². The molecule has 0 aliphatic heterocycles. The molecule has 2 aromatic carbocycles. The summed E-state index contributed by atoms with van der Waals surface area (Å²) in [5.74, 6) is 0. The summed E-state index contributed by atoms with van der Waals surface area (Å²) < 4.78 is 0. The van der Waals surface area contributed by atoms with Crippen molar-refractivity contribution in [3.05, 3.63) is 59.7 Å². The maximum atomic E-state index is 11.4. The highest BCUT2D eigenvalue weighted by Crippen LogP contribution is 2.28. The number of halogens is 2. The topological polar surface area (TPSA) is 34.1 Å². The quantitative estimate of drug-likeness (QED) is 0.792. The van der Waals surface area contributed by atoms with Crippen LogP contribution in [0.25, 0.3) is 11.1 Å². The van der Waals surface area contributed by atoms with Crippen LogP contribution in [0.1, 0.15) is 20.7 Å². The van der Waals surface area contributed by atoms with Crippen molar-refractivity contribution in [2.45, 2.75) is 0 Å². The Morgan fingerprint density at radius 1 is 0.667 bits per heavy atom. The van der Waals surface area contributed by atoms with Crippen LogP contribution in [-0.2, 0) is 0 Å². The van der Waals surface area contributed by atoms with Gasteiger partial charge in [0.05, 0.1) is 0 Å². The Balaban J connectivity index is 2.70. The van der Waals surface area contributed by atoms with Crippen LogP contribution in [-0.4, -0.2) is 10.5 Å². The van der Waals surface area contributed by atoms with Gasteiger partial charge in [0.2, 0.25) is 0 Å². The molecule has 0 radical (unpaired) electrons. The highest BCUT2D eigenvalue weighted by atomic mass is 35.5. The first-order valence-corrected chi connectivity index (χ1v) is 5.95. The van der Waals surface area contributed by atoms with Gasteiger partial charge in [-0.25, -0.2) is 0 Å². The Morgan fingerprint density at radius 2 is 1.00 bits per heavy atom. The fourth-order valence-corrected chi connectivity index (χ4v) is 2.11. The maximum Gasteiger partial charge on any atom is 0.253 e. The average Bonchev–Trinajstić information content (AvgIpc) is 2.38. The van der Waals surface area contributed by atoms with Crippen LogP contribution in [0.4, 0.5) is 0 Å². The second kappa shape index (κ2) is 5.34. The van der Waals surface area contributed by atoms with Crippen molar-refractivity contribution in [3.8, 4) is 11.1 Å². The monoisotopic (exact) mass is 278 g/mol. The van der Waals surface area contributed by atoms with Gasteiger partial charge in [0.25, 0.3) is 10.5 Å². The molecular formula is C14H8Cl2O2. The largest absolute Gasteiger partial charge is 0.276 e. The zero-order chi connectivity index (χ0) is 13.1. The zero-order valence-corrected chi connectivity index (χ0v) is 10.7. The van der Waals surface area contributed by atoms with E-state index >= 15 is 0 Å². The molecule has 0 spiro atoms. The van der Waals surface area contributed by atoms with Crippen molar-refractivity contribution in [1.82, 2.24) is 0 Å². The predicted octanol–water partition coefficient (Wildman–Crippen LogP) is 4.11. The first-order valence-electron chi connectivity index (χ1n) is 5.19. The summed E-state index contributed by atoms with van der Waals surface area (Å²) in [5.41, 5.74) is 1.90. The molecule has 0 saturated carbocycles. The van der Waals surface area contributed by atoms with E-state index < -0.39 is 10.5 Å². The average molecular weight is 279 g/mol. The standard InChI is InChI=1S/C14H8Cl2O2/c15-13(17)11-7-3-1-5-9(11)10-6-2-4-8-12(10)14(16)18/h1-8H. The summed E-state index contributed by atoms with van der Waals surface area (Å²) in [6, 6.07) is 13.7. The minimum atomic E-state index is -0.567. The minimum Gasteiger partial charge on any atom is -0.276 e. The van der Waals surface area contributed by atoms with E-state index in [1.54, 1.807) is 48.5 Å². The highest BCUT2D eigenvalue weighted by Gasteiger charge is 2.15. The molecule has 90 valence electrons. The lowest BCUT2D eigenvalue weighted by Crippen LogP contribution is -1.98. The summed E-state index contributed by atoms with van der Waals surface area (Å²) >= 11 is 11.1. The number of hydrogen-bond acceptors (Lipinski definition) is 2. The lowest BCUT2D eigenvalue weighted by Gasteiger charge is -2.09. The Labute approximate surface area is 114 Å². The SMILES string of the molecule is O=C(Cl)c1ccccc1-c1ccccc1C(=O)Cl. The molecule has 0 aromatic heterocycles. The van der Waals surface area contributed by atoms with Crippen molar-refractivity contribution in [3.63, 3.8) is 0 Å². The number of carbonyl (C=O) groups excluding carboxylic acids is 2. The van der Waals surface area contributed by atoms with Crippen molar-refractivity contribution in [2.75, 3.05) is 0 Å². The Morgan fingerprint density at radius 3 is 1.33 bits per heavy atom. The van der Waals surface area contributed by atoms with E-state index in [9.17, 15) is 9.59 Å². The van der Waals surface area contributed by atoms with E-state index in [0.29, 0.717) is 22.3 Å². The molecule has 4 heteroatoms. The molecule has 0 unspecified atom stereocenters. The van der Waals surface area contributed by atoms with E-state index in [4.69, 9.17) is 23.2 Å². The van der Waals surface area contributed by atoms with Crippen LogP contribution in [0.15, 0.2) is 48.5 Å². The molecule has 18 heavy (non-hydrogen) atoms. The van der Waals surface area contributed by atoms with Crippen LogP contribution in [0.5, 0.6) is 0 Å². The van der Waals surface area contributed by atoms with Gasteiger partial charge in [0.15, 0.2) is 0 Å². The molecule has 0 amide bonds. The van der Waals surface area contributed by atoms with Crippen LogP contribution < -0.4 is 0 Å². The molecular weight excluding hydrogens is 271 g/mol. The van der Waals surface area contributed by atoms with Gasteiger partial charge in [-0.3, -0.25) is 9.59 Å². The van der Waals surface area contributed by atoms with E-state index in [0.717, 1.165) is 0 Å². The van der Waals surface area contributed by atoms with E-state index in [-0.39, 0.29) is 0 Å². The number of rotatable bonds is 3. The molecule has 0 atom stereocenters. The summed E-state index contributed by atoms with van der Waals surface area (Å²) in [5, 5.41) is -1.13. The second-order valence-electron chi connectivity index (χ2n) is 3.64. The third kappa shape index (κ3) is 2.45. The maximum absolute atomic E-state index is 11.4. The molecule has 0 aliphatic rings. The van der Waals surface area contributed by atoms with Crippen LogP contribution in [0, 0.1) is 0 Å². The van der Waals surface area contributed by atoms with Crippen LogP contribution >= 0.6 is 23.2 Å². The third-order valence-corrected chi connectivity index (χ3v) is 2.98. The third-order valence-electron chi connectivity index (χ3n) is 2.57. The first kappa shape index (κ1) is 12.8. The zero-order valence-electron chi connectivity index (χ0n) is 9.19. The minimum absolute atomic E-state index is 0.351. The fraction of sp³-hybridized carbons (Fsp3) is 0. The fourth-order valence-electron chi connectivity index (χ4n) is 1.78. The van der Waals surface area contributed by atoms with Crippen molar-refractivity contribution < 1.29 is 9.59 Å². The summed E-state index contributed by atoms with van der Waals surface area (Å²) in [6.45, 7) is 0. The van der Waals surface area contributed by atoms with Crippen molar-refractivity contribution >= 4 is 33.7 Å². The Hall–Kier alpha value is -1.64. The normalized spacial score (nSPS) is 10.1. The predicted molar refractivity (Wildman–Crippen MR) is 72.2 cm³/mol. The molecule has 0 aliphatic carbocycles. The molecule has 0 bridgehead atoms. The van der Waals surface area contributed by atoms with Crippen LogP contribution in [0.2, 0.25) is 0 Å². The molecule has 0 saturated heterocycles. The van der Waals surface area contributed by atoms with Gasteiger partial charge in [0.1, 0.15) is 0 Å². The van der Waals surface area contributed by atoms with Gasteiger partial charge in [-0.05, 0) is 46.5 Å². The van der Waals surface area contributed by atoms with Crippen molar-refractivity contribution in [1.29, 1.82) is 0 Å². The molecule has 2 aromatic rings. The van der Waals surface area contributed by atoms with Gasteiger partial charge in [-0.15, -0.1) is 0 Å². The molecule has 0 N–H and O–H groups in total. The number of carbonyl (C=O) groups is 2. The lowest BCUT2D eigenvalue weighted by molar-refractivity contribution is 0.107. The van der Waals surface area contributed by atoms with Gasteiger partial charge in [-0.2, -0.15) is 0 Å². The van der Waals surface area contributed by atoms with Crippen LogP contribution in [0.3, 0.4) is 0 Å². The summed E-state index contributed by atoms with van der Waals surface area (Å²) in [4.78, 5) is 22.7.